The Morgan fingerprint density at radius 3 is 2.86 bits per heavy atom. The highest BCUT2D eigenvalue weighted by molar-refractivity contribution is 7.13. The normalized spacial score (nSPS) is 10.4. The van der Waals surface area contributed by atoms with Gasteiger partial charge in [0.05, 0.1) is 5.56 Å². The van der Waals surface area contributed by atoms with Crippen molar-refractivity contribution in [1.82, 2.24) is 9.55 Å². The van der Waals surface area contributed by atoms with E-state index in [9.17, 15) is 9.59 Å². The van der Waals surface area contributed by atoms with Gasteiger partial charge >= 0.3 is 5.69 Å². The number of aromatic amines is 1. The van der Waals surface area contributed by atoms with E-state index in [0.717, 1.165) is 4.88 Å². The summed E-state index contributed by atoms with van der Waals surface area (Å²) in [7, 11) is 1.61. The summed E-state index contributed by atoms with van der Waals surface area (Å²) in [5.74, 6) is 0. The number of nitrogens with one attached hydrogen (secondary N) is 1. The molecule has 1 N–H and O–H groups in total. The zero-order valence-corrected chi connectivity index (χ0v) is 8.30. The van der Waals surface area contributed by atoms with Crippen molar-refractivity contribution in [2.75, 3.05) is 0 Å². The van der Waals surface area contributed by atoms with Gasteiger partial charge in [0, 0.05) is 18.1 Å². The second-order valence-electron chi connectivity index (χ2n) is 2.89. The molecule has 0 spiro atoms. The van der Waals surface area contributed by atoms with E-state index in [1.165, 1.54) is 15.9 Å². The minimum Gasteiger partial charge on any atom is -0.303 e. The van der Waals surface area contributed by atoms with Gasteiger partial charge in [-0.25, -0.2) is 4.79 Å². The molecule has 2 heterocycles. The number of aryl methyl sites for hydroxylation is 1. The Balaban J connectivity index is 2.72. The van der Waals surface area contributed by atoms with Crippen molar-refractivity contribution in [3.8, 4) is 10.4 Å². The molecule has 0 aromatic carbocycles. The quantitative estimate of drug-likeness (QED) is 0.753. The van der Waals surface area contributed by atoms with Crippen LogP contribution in [0.3, 0.4) is 0 Å². The number of H-pyrrole nitrogens is 1. The maximum absolute atomic E-state index is 11.4. The van der Waals surface area contributed by atoms with Gasteiger partial charge in [-0.05, 0) is 11.4 Å². The van der Waals surface area contributed by atoms with Gasteiger partial charge in [0.25, 0.3) is 5.56 Å². The van der Waals surface area contributed by atoms with E-state index in [0.29, 0.717) is 5.56 Å². The van der Waals surface area contributed by atoms with Crippen molar-refractivity contribution in [2.45, 2.75) is 0 Å². The lowest BCUT2D eigenvalue weighted by Crippen LogP contribution is -2.28. The van der Waals surface area contributed by atoms with Gasteiger partial charge in [0.2, 0.25) is 0 Å². The van der Waals surface area contributed by atoms with Crippen LogP contribution in [-0.4, -0.2) is 9.55 Å². The van der Waals surface area contributed by atoms with Crippen LogP contribution in [0.4, 0.5) is 0 Å². The lowest BCUT2D eigenvalue weighted by Gasteiger charge is -1.99. The number of hydrogen-bond donors (Lipinski definition) is 1. The first-order valence-electron chi connectivity index (χ1n) is 4.02. The van der Waals surface area contributed by atoms with Crippen molar-refractivity contribution in [3.05, 3.63) is 44.5 Å². The molecule has 0 aliphatic heterocycles. The fourth-order valence-corrected chi connectivity index (χ4v) is 1.90. The van der Waals surface area contributed by atoms with Crippen LogP contribution < -0.4 is 11.2 Å². The zero-order chi connectivity index (χ0) is 10.1. The maximum Gasteiger partial charge on any atom is 0.328 e. The number of thiophene rings is 1. The van der Waals surface area contributed by atoms with Crippen molar-refractivity contribution in [3.63, 3.8) is 0 Å². The molecular formula is C9H8N2O2S. The zero-order valence-electron chi connectivity index (χ0n) is 7.48. The summed E-state index contributed by atoms with van der Waals surface area (Å²) in [4.78, 5) is 25.6. The SMILES string of the molecule is Cn1cc(-c2cccs2)c(=O)[nH]c1=O. The first kappa shape index (κ1) is 8.96. The van der Waals surface area contributed by atoms with Crippen LogP contribution in [0.2, 0.25) is 0 Å². The Morgan fingerprint density at radius 1 is 1.43 bits per heavy atom. The molecule has 0 unspecified atom stereocenters. The summed E-state index contributed by atoms with van der Waals surface area (Å²) in [6.45, 7) is 0. The van der Waals surface area contributed by atoms with Crippen molar-refractivity contribution in [1.29, 1.82) is 0 Å². The van der Waals surface area contributed by atoms with Gasteiger partial charge in [0.15, 0.2) is 0 Å². The minimum absolute atomic E-state index is 0.337. The highest BCUT2D eigenvalue weighted by Crippen LogP contribution is 2.19. The molecule has 0 saturated carbocycles. The second-order valence-corrected chi connectivity index (χ2v) is 3.84. The smallest absolute Gasteiger partial charge is 0.303 e. The Bertz CT molecular complexity index is 551. The molecule has 0 saturated heterocycles. The van der Waals surface area contributed by atoms with E-state index in [4.69, 9.17) is 0 Å². The largest absolute Gasteiger partial charge is 0.328 e. The summed E-state index contributed by atoms with van der Waals surface area (Å²) in [5, 5.41) is 1.89. The third-order valence-corrected chi connectivity index (χ3v) is 2.80. The third kappa shape index (κ3) is 1.42. The number of aromatic nitrogens is 2. The monoisotopic (exact) mass is 208 g/mol. The van der Waals surface area contributed by atoms with Crippen LogP contribution in [0.5, 0.6) is 0 Å². The molecule has 0 aliphatic rings. The lowest BCUT2D eigenvalue weighted by atomic mass is 10.3. The Hall–Kier alpha value is -1.62. The Labute approximate surface area is 83.5 Å². The molecule has 0 bridgehead atoms. The molecule has 14 heavy (non-hydrogen) atoms. The Kier molecular flexibility index (Phi) is 2.09. The summed E-state index contributed by atoms with van der Waals surface area (Å²) >= 11 is 1.47. The first-order chi connectivity index (χ1) is 6.68. The van der Waals surface area contributed by atoms with E-state index < -0.39 is 5.69 Å². The predicted molar refractivity (Wildman–Crippen MR) is 55.6 cm³/mol. The Morgan fingerprint density at radius 2 is 2.21 bits per heavy atom. The molecule has 0 aliphatic carbocycles. The van der Waals surface area contributed by atoms with Crippen LogP contribution in [-0.2, 0) is 7.05 Å². The molecule has 0 fully saturated rings. The van der Waals surface area contributed by atoms with Crippen LogP contribution in [0.1, 0.15) is 0 Å². The fraction of sp³-hybridized carbons (Fsp3) is 0.111. The molecule has 2 aromatic rings. The van der Waals surface area contributed by atoms with Gasteiger partial charge < -0.3 is 4.57 Å². The highest BCUT2D eigenvalue weighted by Gasteiger charge is 2.05. The van der Waals surface area contributed by atoms with Gasteiger partial charge in [-0.3, -0.25) is 9.78 Å². The topological polar surface area (TPSA) is 54.9 Å². The summed E-state index contributed by atoms with van der Waals surface area (Å²) in [5.41, 5.74) is -0.201. The minimum atomic E-state index is -0.393. The maximum atomic E-state index is 11.4. The average molecular weight is 208 g/mol. The van der Waals surface area contributed by atoms with E-state index in [1.807, 2.05) is 17.5 Å². The fourth-order valence-electron chi connectivity index (χ4n) is 1.17. The second kappa shape index (κ2) is 3.26. The summed E-state index contributed by atoms with van der Waals surface area (Å²) in [6.07, 6.45) is 1.55. The van der Waals surface area contributed by atoms with Gasteiger partial charge in [-0.1, -0.05) is 6.07 Å². The molecule has 2 rings (SSSR count). The molecule has 5 heteroatoms. The standard InChI is InChI=1S/C9H8N2O2S/c1-11-5-6(7-3-2-4-14-7)8(12)10-9(11)13/h2-5H,1H3,(H,10,12,13). The van der Waals surface area contributed by atoms with Crippen LogP contribution in [0.15, 0.2) is 33.3 Å². The van der Waals surface area contributed by atoms with Crippen molar-refractivity contribution >= 4 is 11.3 Å². The lowest BCUT2D eigenvalue weighted by molar-refractivity contribution is 0.803. The molecule has 4 nitrogen and oxygen atoms in total. The average Bonchev–Trinajstić information content (AvgIpc) is 2.64. The molecule has 2 aromatic heterocycles. The van der Waals surface area contributed by atoms with Gasteiger partial charge in [-0.2, -0.15) is 0 Å². The van der Waals surface area contributed by atoms with Crippen molar-refractivity contribution < 1.29 is 0 Å². The van der Waals surface area contributed by atoms with Crippen LogP contribution >= 0.6 is 11.3 Å². The molecule has 0 radical (unpaired) electrons. The summed E-state index contributed by atoms with van der Waals surface area (Å²) < 4.78 is 1.36. The molecule has 72 valence electrons. The van der Waals surface area contributed by atoms with E-state index in [2.05, 4.69) is 4.98 Å². The van der Waals surface area contributed by atoms with E-state index >= 15 is 0 Å². The molecule has 0 atom stereocenters. The number of hydrogen-bond acceptors (Lipinski definition) is 3. The molecule has 0 amide bonds. The van der Waals surface area contributed by atoms with Crippen LogP contribution in [0, 0.1) is 0 Å². The number of rotatable bonds is 1. The predicted octanol–water partition coefficient (Wildman–Crippen LogP) is 0.802. The molecular weight excluding hydrogens is 200 g/mol. The van der Waals surface area contributed by atoms with Gasteiger partial charge in [0.1, 0.15) is 0 Å². The van der Waals surface area contributed by atoms with Crippen LogP contribution in [0.25, 0.3) is 10.4 Å². The number of nitrogens with zero attached hydrogens (tertiary/aromatic N) is 1. The van der Waals surface area contributed by atoms with Crippen molar-refractivity contribution in [2.24, 2.45) is 7.05 Å². The highest BCUT2D eigenvalue weighted by atomic mass is 32.1. The first-order valence-corrected chi connectivity index (χ1v) is 4.90. The van der Waals surface area contributed by atoms with E-state index in [-0.39, 0.29) is 5.56 Å². The third-order valence-electron chi connectivity index (χ3n) is 1.89. The summed E-state index contributed by atoms with van der Waals surface area (Å²) in [6, 6.07) is 3.71. The van der Waals surface area contributed by atoms with E-state index in [1.54, 1.807) is 13.2 Å². The van der Waals surface area contributed by atoms with Gasteiger partial charge in [-0.15, -0.1) is 11.3 Å².